The molecule has 4 rings (SSSR count). The van der Waals surface area contributed by atoms with Crippen molar-refractivity contribution < 1.29 is 4.58 Å². The predicted molar refractivity (Wildman–Crippen MR) is 106 cm³/mol. The average Bonchev–Trinajstić information content (AvgIpc) is 2.55. The molecule has 0 saturated carbocycles. The zero-order valence-corrected chi connectivity index (χ0v) is 17.1. The van der Waals surface area contributed by atoms with E-state index in [1.807, 2.05) is 11.1 Å². The highest BCUT2D eigenvalue weighted by atomic mass is 15.1. The van der Waals surface area contributed by atoms with Crippen LogP contribution in [0.15, 0.2) is 11.1 Å². The van der Waals surface area contributed by atoms with Gasteiger partial charge in [0.2, 0.25) is 0 Å². The lowest BCUT2D eigenvalue weighted by molar-refractivity contribution is -0.618. The van der Waals surface area contributed by atoms with Gasteiger partial charge in [-0.2, -0.15) is 0 Å². The lowest BCUT2D eigenvalue weighted by Crippen LogP contribution is -2.47. The zero-order chi connectivity index (χ0) is 17.6. The van der Waals surface area contributed by atoms with Gasteiger partial charge in [-0.1, -0.05) is 25.0 Å². The Labute approximate surface area is 155 Å². The number of rotatable bonds is 2. The van der Waals surface area contributed by atoms with E-state index in [1.165, 1.54) is 70.8 Å². The third kappa shape index (κ3) is 3.48. The maximum atomic E-state index is 2.90. The van der Waals surface area contributed by atoms with Crippen molar-refractivity contribution in [1.82, 2.24) is 4.90 Å². The van der Waals surface area contributed by atoms with E-state index in [9.17, 15) is 0 Å². The molecule has 0 unspecified atom stereocenters. The lowest BCUT2D eigenvalue weighted by atomic mass is 9.74. The molecule has 2 nitrogen and oxygen atoms in total. The Balaban J connectivity index is 1.60. The van der Waals surface area contributed by atoms with Crippen LogP contribution in [0.25, 0.3) is 0 Å². The second-order valence-electron chi connectivity index (χ2n) is 9.90. The number of hydrogen-bond acceptors (Lipinski definition) is 1. The number of piperidine rings is 2. The Hall–Kier alpha value is -0.630. The molecule has 1 aliphatic carbocycles. The summed E-state index contributed by atoms with van der Waals surface area (Å²) in [6, 6.07) is 2.41. The molecule has 2 heteroatoms. The molecule has 2 fully saturated rings. The van der Waals surface area contributed by atoms with Crippen LogP contribution >= 0.6 is 0 Å². The van der Waals surface area contributed by atoms with Crippen LogP contribution in [0.4, 0.5) is 0 Å². The molecule has 0 radical (unpaired) electrons. The third-order valence-electron chi connectivity index (χ3n) is 7.67. The monoisotopic (exact) mass is 343 g/mol. The normalized spacial score (nSPS) is 40.1. The number of likely N-dealkylation sites (tertiary alicyclic amines) is 1. The molecule has 4 aliphatic rings. The highest BCUT2D eigenvalue weighted by molar-refractivity contribution is 5.77. The standard InChI is InChI=1S/C23H39N2/c1-16-11-18(3)25-20(13-16)7-5-8-21(25)15-19-12-17(2)14-23-22(19)9-6-10-24(23)4/h16-17,20-21,23H,5-15H2,1-4H3/q+1/t16-,17+,20+,21+,23+/m1/s1. The molecule has 3 heterocycles. The molecule has 5 atom stereocenters. The summed E-state index contributed by atoms with van der Waals surface area (Å²) in [5.41, 5.74) is 5.42. The fraction of sp³-hybridized carbons (Fsp3) is 0.870. The van der Waals surface area contributed by atoms with Crippen molar-refractivity contribution in [2.75, 3.05) is 13.6 Å². The summed E-state index contributed by atoms with van der Waals surface area (Å²) in [4.78, 5) is 2.65. The van der Waals surface area contributed by atoms with Crippen molar-refractivity contribution in [3.05, 3.63) is 11.1 Å². The lowest BCUT2D eigenvalue weighted by Gasteiger charge is -2.42. The maximum absolute atomic E-state index is 2.90. The van der Waals surface area contributed by atoms with Gasteiger partial charge in [-0.05, 0) is 57.5 Å². The van der Waals surface area contributed by atoms with Crippen LogP contribution in [0.5, 0.6) is 0 Å². The Morgan fingerprint density at radius 3 is 2.68 bits per heavy atom. The van der Waals surface area contributed by atoms with Crippen molar-refractivity contribution in [3.8, 4) is 0 Å². The minimum absolute atomic E-state index is 0.762. The van der Waals surface area contributed by atoms with Crippen LogP contribution < -0.4 is 0 Å². The van der Waals surface area contributed by atoms with E-state index in [0.717, 1.165) is 30.0 Å². The Morgan fingerprint density at radius 1 is 1.04 bits per heavy atom. The van der Waals surface area contributed by atoms with Crippen molar-refractivity contribution in [1.29, 1.82) is 0 Å². The van der Waals surface area contributed by atoms with E-state index in [2.05, 4.69) is 37.3 Å². The SMILES string of the molecule is CC1=[N+]2[C@H](CC3=C4CCCN(C)[C@H]4C[C@@H](C)C3)CCC[C@H]2C[C@H](C)C1. The summed E-state index contributed by atoms with van der Waals surface area (Å²) in [5.74, 6) is 1.77. The van der Waals surface area contributed by atoms with E-state index in [4.69, 9.17) is 0 Å². The third-order valence-corrected chi connectivity index (χ3v) is 7.67. The van der Waals surface area contributed by atoms with Gasteiger partial charge in [-0.3, -0.25) is 4.90 Å². The molecule has 0 N–H and O–H groups in total. The second-order valence-corrected chi connectivity index (χ2v) is 9.90. The first-order chi connectivity index (χ1) is 12.0. The van der Waals surface area contributed by atoms with Crippen LogP contribution in [-0.4, -0.2) is 46.9 Å². The molecule has 140 valence electrons. The van der Waals surface area contributed by atoms with Gasteiger partial charge in [0.15, 0.2) is 12.1 Å². The highest BCUT2D eigenvalue weighted by Crippen LogP contribution is 2.41. The van der Waals surface area contributed by atoms with E-state index >= 15 is 0 Å². The van der Waals surface area contributed by atoms with Gasteiger partial charge in [-0.25, -0.2) is 4.58 Å². The first kappa shape index (κ1) is 17.8. The Kier molecular flexibility index (Phi) is 5.10. The Morgan fingerprint density at radius 2 is 1.84 bits per heavy atom. The predicted octanol–water partition coefficient (Wildman–Crippen LogP) is 5.02. The fourth-order valence-corrected chi connectivity index (χ4v) is 6.74. The van der Waals surface area contributed by atoms with Crippen molar-refractivity contribution in [3.63, 3.8) is 0 Å². The van der Waals surface area contributed by atoms with Crippen molar-refractivity contribution in [2.24, 2.45) is 11.8 Å². The molecule has 0 aromatic carbocycles. The van der Waals surface area contributed by atoms with Gasteiger partial charge in [-0.15, -0.1) is 0 Å². The molecule has 0 amide bonds. The first-order valence-electron chi connectivity index (χ1n) is 11.0. The number of hydrogen-bond donors (Lipinski definition) is 0. The van der Waals surface area contributed by atoms with Gasteiger partial charge in [0.25, 0.3) is 0 Å². The minimum atomic E-state index is 0.762. The Bertz CT molecular complexity index is 573. The summed E-state index contributed by atoms with van der Waals surface area (Å²) >= 11 is 0. The zero-order valence-electron chi connectivity index (χ0n) is 17.1. The molecule has 3 aliphatic heterocycles. The summed E-state index contributed by atoms with van der Waals surface area (Å²) in [6.45, 7) is 8.68. The fourth-order valence-electron chi connectivity index (χ4n) is 6.74. The van der Waals surface area contributed by atoms with Crippen LogP contribution in [0.3, 0.4) is 0 Å². The summed E-state index contributed by atoms with van der Waals surface area (Å²) in [5, 5.41) is 0. The molecular formula is C23H39N2+. The maximum Gasteiger partial charge on any atom is 0.156 e. The van der Waals surface area contributed by atoms with Gasteiger partial charge in [0, 0.05) is 45.1 Å². The largest absolute Gasteiger partial charge is 0.300 e. The van der Waals surface area contributed by atoms with Crippen LogP contribution in [0, 0.1) is 11.8 Å². The van der Waals surface area contributed by atoms with Gasteiger partial charge >= 0.3 is 0 Å². The highest BCUT2D eigenvalue weighted by Gasteiger charge is 2.41. The quantitative estimate of drug-likeness (QED) is 0.504. The summed E-state index contributed by atoms with van der Waals surface area (Å²) in [7, 11) is 2.36. The van der Waals surface area contributed by atoms with Gasteiger partial charge in [0.05, 0.1) is 0 Å². The van der Waals surface area contributed by atoms with Crippen molar-refractivity contribution >= 4 is 5.71 Å². The van der Waals surface area contributed by atoms with E-state index < -0.39 is 0 Å². The van der Waals surface area contributed by atoms with E-state index in [0.29, 0.717) is 0 Å². The van der Waals surface area contributed by atoms with Crippen molar-refractivity contribution in [2.45, 2.75) is 103 Å². The van der Waals surface area contributed by atoms with Crippen LogP contribution in [0.2, 0.25) is 0 Å². The van der Waals surface area contributed by atoms with Crippen LogP contribution in [0.1, 0.15) is 85.0 Å². The molecule has 25 heavy (non-hydrogen) atoms. The van der Waals surface area contributed by atoms with E-state index in [1.54, 1.807) is 5.71 Å². The van der Waals surface area contributed by atoms with Gasteiger partial charge in [0.1, 0.15) is 5.71 Å². The minimum Gasteiger partial charge on any atom is -0.300 e. The molecule has 0 spiro atoms. The summed E-state index contributed by atoms with van der Waals surface area (Å²) in [6.07, 6.45) is 14.0. The number of fused-ring (bicyclic) bond motifs is 2. The number of likely N-dealkylation sites (N-methyl/N-ethyl adjacent to an activating group) is 1. The summed E-state index contributed by atoms with van der Waals surface area (Å²) < 4.78 is 2.90. The molecule has 2 saturated heterocycles. The molecule has 0 aromatic rings. The molecule has 0 bridgehead atoms. The van der Waals surface area contributed by atoms with Gasteiger partial charge < -0.3 is 0 Å². The first-order valence-corrected chi connectivity index (χ1v) is 11.0. The second kappa shape index (κ2) is 7.18. The smallest absolute Gasteiger partial charge is 0.156 e. The van der Waals surface area contributed by atoms with Crippen LogP contribution in [-0.2, 0) is 0 Å². The van der Waals surface area contributed by atoms with E-state index in [-0.39, 0.29) is 0 Å². The molecule has 0 aromatic heterocycles. The molecular weight excluding hydrogens is 304 g/mol. The average molecular weight is 344 g/mol. The topological polar surface area (TPSA) is 6.25 Å². The number of nitrogens with zero attached hydrogens (tertiary/aromatic N) is 2.